The maximum absolute atomic E-state index is 9.47. The van der Waals surface area contributed by atoms with E-state index in [0.29, 0.717) is 12.5 Å². The van der Waals surface area contributed by atoms with Crippen LogP contribution in [0.2, 0.25) is 0 Å². The van der Waals surface area contributed by atoms with Crippen LogP contribution < -0.4 is 0 Å². The van der Waals surface area contributed by atoms with Crippen molar-refractivity contribution in [3.8, 4) is 0 Å². The van der Waals surface area contributed by atoms with Crippen LogP contribution in [0.4, 0.5) is 0 Å². The minimum Gasteiger partial charge on any atom is -0.396 e. The van der Waals surface area contributed by atoms with Crippen molar-refractivity contribution in [1.29, 1.82) is 0 Å². The van der Waals surface area contributed by atoms with E-state index in [1.807, 2.05) is 6.07 Å². The highest BCUT2D eigenvalue weighted by Gasteiger charge is 2.41. The topological polar surface area (TPSA) is 20.2 Å². The molecule has 1 aliphatic carbocycles. The Morgan fingerprint density at radius 3 is 2.36 bits per heavy atom. The summed E-state index contributed by atoms with van der Waals surface area (Å²) in [5, 5.41) is 9.47. The standard InChI is InChI=1S/C13H18O/c1-11(12-6-3-2-4-7-12)13(10-14)8-5-9-13/h2-4,6-7,11,14H,5,8-10H2,1H3. The maximum atomic E-state index is 9.47. The van der Waals surface area contributed by atoms with Gasteiger partial charge in [-0.25, -0.2) is 0 Å². The maximum Gasteiger partial charge on any atom is 0.0493 e. The summed E-state index contributed by atoms with van der Waals surface area (Å²) < 4.78 is 0. The predicted molar refractivity (Wildman–Crippen MR) is 58.2 cm³/mol. The van der Waals surface area contributed by atoms with Gasteiger partial charge in [0, 0.05) is 12.0 Å². The average Bonchev–Trinajstić information content (AvgIpc) is 2.18. The van der Waals surface area contributed by atoms with Crippen LogP contribution in [0.3, 0.4) is 0 Å². The number of hydrogen-bond donors (Lipinski definition) is 1. The number of aliphatic hydroxyl groups is 1. The molecule has 0 aliphatic heterocycles. The lowest BCUT2D eigenvalue weighted by molar-refractivity contribution is 0.0222. The highest BCUT2D eigenvalue weighted by atomic mass is 16.3. The number of hydrogen-bond acceptors (Lipinski definition) is 1. The smallest absolute Gasteiger partial charge is 0.0493 e. The molecule has 76 valence electrons. The van der Waals surface area contributed by atoms with Gasteiger partial charge in [-0.1, -0.05) is 43.7 Å². The third-order valence-corrected chi connectivity index (χ3v) is 3.88. The highest BCUT2D eigenvalue weighted by Crippen LogP contribution is 2.50. The quantitative estimate of drug-likeness (QED) is 0.777. The summed E-state index contributed by atoms with van der Waals surface area (Å²) in [4.78, 5) is 0. The molecule has 0 amide bonds. The van der Waals surface area contributed by atoms with Crippen LogP contribution in [0.1, 0.15) is 37.7 Å². The zero-order valence-electron chi connectivity index (χ0n) is 8.74. The summed E-state index contributed by atoms with van der Waals surface area (Å²) in [6.45, 7) is 2.58. The summed E-state index contributed by atoms with van der Waals surface area (Å²) in [5.41, 5.74) is 1.54. The molecule has 0 saturated heterocycles. The van der Waals surface area contributed by atoms with Gasteiger partial charge in [-0.05, 0) is 24.3 Å². The van der Waals surface area contributed by atoms with Crippen LogP contribution >= 0.6 is 0 Å². The first kappa shape index (κ1) is 9.72. The third kappa shape index (κ3) is 1.46. The Bertz CT molecular complexity index is 282. The summed E-state index contributed by atoms with van der Waals surface area (Å²) >= 11 is 0. The first-order valence-corrected chi connectivity index (χ1v) is 5.44. The molecule has 0 spiro atoms. The van der Waals surface area contributed by atoms with Crippen LogP contribution in [-0.2, 0) is 0 Å². The van der Waals surface area contributed by atoms with Gasteiger partial charge in [0.05, 0.1) is 0 Å². The second-order valence-electron chi connectivity index (χ2n) is 4.51. The van der Waals surface area contributed by atoms with E-state index >= 15 is 0 Å². The number of rotatable bonds is 3. The van der Waals surface area contributed by atoms with Crippen molar-refractivity contribution in [3.63, 3.8) is 0 Å². The molecule has 0 radical (unpaired) electrons. The Morgan fingerprint density at radius 1 is 1.29 bits per heavy atom. The van der Waals surface area contributed by atoms with E-state index in [0.717, 1.165) is 0 Å². The molecule has 1 saturated carbocycles. The molecule has 1 nitrogen and oxygen atoms in total. The Labute approximate surface area is 85.8 Å². The molecule has 1 N–H and O–H groups in total. The van der Waals surface area contributed by atoms with E-state index in [9.17, 15) is 5.11 Å². The third-order valence-electron chi connectivity index (χ3n) is 3.88. The molecule has 1 unspecified atom stereocenters. The second-order valence-corrected chi connectivity index (χ2v) is 4.51. The molecule has 0 aromatic heterocycles. The van der Waals surface area contributed by atoms with Gasteiger partial charge in [0.1, 0.15) is 0 Å². The largest absolute Gasteiger partial charge is 0.396 e. The van der Waals surface area contributed by atoms with E-state index in [4.69, 9.17) is 0 Å². The minimum atomic E-state index is 0.182. The van der Waals surface area contributed by atoms with Crippen LogP contribution in [0.25, 0.3) is 0 Å². The van der Waals surface area contributed by atoms with Gasteiger partial charge in [-0.3, -0.25) is 0 Å². The molecule has 1 heteroatoms. The molecule has 1 aromatic rings. The van der Waals surface area contributed by atoms with E-state index in [1.54, 1.807) is 0 Å². The lowest BCUT2D eigenvalue weighted by atomic mass is 9.60. The Hall–Kier alpha value is -0.820. The zero-order valence-corrected chi connectivity index (χ0v) is 8.74. The van der Waals surface area contributed by atoms with Crippen molar-refractivity contribution in [2.75, 3.05) is 6.61 Å². The van der Waals surface area contributed by atoms with Crippen molar-refractivity contribution < 1.29 is 5.11 Å². The fourth-order valence-corrected chi connectivity index (χ4v) is 2.45. The lowest BCUT2D eigenvalue weighted by Crippen LogP contribution is -2.38. The van der Waals surface area contributed by atoms with Crippen LogP contribution in [0.15, 0.2) is 30.3 Å². The second kappa shape index (κ2) is 3.74. The molecular formula is C13H18O. The summed E-state index contributed by atoms with van der Waals surface area (Å²) in [6, 6.07) is 10.5. The normalized spacial score (nSPS) is 21.3. The molecule has 0 heterocycles. The molecule has 2 rings (SSSR count). The van der Waals surface area contributed by atoms with Crippen LogP contribution in [0, 0.1) is 5.41 Å². The lowest BCUT2D eigenvalue weighted by Gasteiger charge is -2.45. The van der Waals surface area contributed by atoms with Crippen molar-refractivity contribution in [1.82, 2.24) is 0 Å². The van der Waals surface area contributed by atoms with Gasteiger partial charge in [0.2, 0.25) is 0 Å². The molecule has 0 bridgehead atoms. The fraction of sp³-hybridized carbons (Fsp3) is 0.538. The molecule has 1 atom stereocenters. The van der Waals surface area contributed by atoms with Gasteiger partial charge in [0.15, 0.2) is 0 Å². The van der Waals surface area contributed by atoms with Crippen LogP contribution in [0.5, 0.6) is 0 Å². The SMILES string of the molecule is CC(c1ccccc1)C1(CO)CCC1. The Balaban J connectivity index is 2.19. The van der Waals surface area contributed by atoms with Crippen LogP contribution in [-0.4, -0.2) is 11.7 Å². The van der Waals surface area contributed by atoms with Crippen molar-refractivity contribution >= 4 is 0 Å². The summed E-state index contributed by atoms with van der Waals surface area (Å²) in [5.74, 6) is 0.488. The van der Waals surface area contributed by atoms with Gasteiger partial charge >= 0.3 is 0 Å². The molecular weight excluding hydrogens is 172 g/mol. The monoisotopic (exact) mass is 190 g/mol. The van der Waals surface area contributed by atoms with Gasteiger partial charge in [-0.2, -0.15) is 0 Å². The number of aliphatic hydroxyl groups excluding tert-OH is 1. The van der Waals surface area contributed by atoms with E-state index in [2.05, 4.69) is 31.2 Å². The predicted octanol–water partition coefficient (Wildman–Crippen LogP) is 2.95. The Kier molecular flexibility index (Phi) is 2.60. The average molecular weight is 190 g/mol. The molecule has 1 aromatic carbocycles. The number of benzene rings is 1. The van der Waals surface area contributed by atoms with E-state index in [-0.39, 0.29) is 5.41 Å². The molecule has 14 heavy (non-hydrogen) atoms. The fourth-order valence-electron chi connectivity index (χ4n) is 2.45. The van der Waals surface area contributed by atoms with Gasteiger partial charge in [-0.15, -0.1) is 0 Å². The van der Waals surface area contributed by atoms with Crippen molar-refractivity contribution in [2.45, 2.75) is 32.1 Å². The van der Waals surface area contributed by atoms with Gasteiger partial charge in [0.25, 0.3) is 0 Å². The highest BCUT2D eigenvalue weighted by molar-refractivity contribution is 5.22. The zero-order chi connectivity index (χ0) is 10.0. The van der Waals surface area contributed by atoms with Gasteiger partial charge < -0.3 is 5.11 Å². The first-order chi connectivity index (χ1) is 6.78. The first-order valence-electron chi connectivity index (χ1n) is 5.44. The summed E-state index contributed by atoms with van der Waals surface area (Å²) in [7, 11) is 0. The summed E-state index contributed by atoms with van der Waals surface area (Å²) in [6.07, 6.45) is 3.64. The molecule has 1 aliphatic rings. The van der Waals surface area contributed by atoms with E-state index < -0.39 is 0 Å². The van der Waals surface area contributed by atoms with E-state index in [1.165, 1.54) is 24.8 Å². The van der Waals surface area contributed by atoms with Crippen molar-refractivity contribution in [2.24, 2.45) is 5.41 Å². The van der Waals surface area contributed by atoms with Crippen molar-refractivity contribution in [3.05, 3.63) is 35.9 Å². The molecule has 1 fully saturated rings. The minimum absolute atomic E-state index is 0.182. The Morgan fingerprint density at radius 2 is 1.93 bits per heavy atom.